The van der Waals surface area contributed by atoms with E-state index < -0.39 is 23.1 Å². The minimum absolute atomic E-state index is 0.0318. The van der Waals surface area contributed by atoms with Crippen molar-refractivity contribution < 1.29 is 18.7 Å². The van der Waals surface area contributed by atoms with Crippen molar-refractivity contribution in [1.82, 2.24) is 0 Å². The number of hydrogen-bond donors (Lipinski definition) is 0. The van der Waals surface area contributed by atoms with Gasteiger partial charge in [0.1, 0.15) is 17.5 Å². The molecule has 4 nitrogen and oxygen atoms in total. The molecule has 0 bridgehead atoms. The molecule has 20 heavy (non-hydrogen) atoms. The summed E-state index contributed by atoms with van der Waals surface area (Å²) in [4.78, 5) is 23.5. The Kier molecular flexibility index (Phi) is 3.84. The fourth-order valence-electron chi connectivity index (χ4n) is 2.69. The first kappa shape index (κ1) is 14.2. The molecule has 1 aromatic rings. The van der Waals surface area contributed by atoms with Gasteiger partial charge in [-0.15, -0.1) is 0 Å². The third-order valence-electron chi connectivity index (χ3n) is 3.83. The summed E-state index contributed by atoms with van der Waals surface area (Å²) in [5, 5.41) is 9.50. The molecular weight excluding hydrogens is 261 g/mol. The first-order valence-electron chi connectivity index (χ1n) is 6.31. The maximum atomic E-state index is 14.0. The van der Waals surface area contributed by atoms with Gasteiger partial charge in [0.15, 0.2) is 0 Å². The topological polar surface area (TPSA) is 67.2 Å². The number of esters is 1. The minimum atomic E-state index is -1.15. The van der Waals surface area contributed by atoms with E-state index in [9.17, 15) is 19.2 Å². The molecule has 0 unspecified atom stereocenters. The van der Waals surface area contributed by atoms with E-state index in [4.69, 9.17) is 0 Å². The molecule has 0 radical (unpaired) electrons. The Labute approximate surface area is 116 Å². The summed E-state index contributed by atoms with van der Waals surface area (Å²) < 4.78 is 18.6. The van der Waals surface area contributed by atoms with E-state index in [-0.39, 0.29) is 30.6 Å². The largest absolute Gasteiger partial charge is 0.468 e. The van der Waals surface area contributed by atoms with Crippen LogP contribution in [0.3, 0.4) is 0 Å². The van der Waals surface area contributed by atoms with Gasteiger partial charge in [-0.25, -0.2) is 4.39 Å². The smallest absolute Gasteiger partial charge is 0.316 e. The van der Waals surface area contributed by atoms with Gasteiger partial charge in [-0.2, -0.15) is 5.26 Å². The number of Topliss-reactive ketones (excluding diaryl/α,β-unsaturated/α-hetero) is 1. The van der Waals surface area contributed by atoms with Crippen LogP contribution in [0, 0.1) is 23.1 Å². The molecule has 1 aliphatic rings. The zero-order valence-corrected chi connectivity index (χ0v) is 11.1. The van der Waals surface area contributed by atoms with Crippen molar-refractivity contribution in [2.45, 2.75) is 24.7 Å². The Balaban J connectivity index is 2.43. The molecule has 0 aromatic heterocycles. The molecule has 0 N–H and O–H groups in total. The van der Waals surface area contributed by atoms with Crippen molar-refractivity contribution in [1.29, 1.82) is 5.26 Å². The molecule has 2 rings (SSSR count). The molecule has 0 aliphatic heterocycles. The van der Waals surface area contributed by atoms with E-state index in [1.54, 1.807) is 6.07 Å². The van der Waals surface area contributed by atoms with Gasteiger partial charge in [0.05, 0.1) is 18.6 Å². The highest BCUT2D eigenvalue weighted by Gasteiger charge is 2.46. The maximum absolute atomic E-state index is 14.0. The Morgan fingerprint density at radius 3 is 2.80 bits per heavy atom. The standard InChI is InChI=1S/C15H14FNO3/c1-20-14(19)10-8-15(9-17,7-6-13(10)18)11-4-2-3-5-12(11)16/h2-5,10H,6-8H2,1H3/t10-,15+/m1/s1. The van der Waals surface area contributed by atoms with Crippen LogP contribution in [0.1, 0.15) is 24.8 Å². The number of benzene rings is 1. The Morgan fingerprint density at radius 2 is 2.20 bits per heavy atom. The van der Waals surface area contributed by atoms with Crippen LogP contribution >= 0.6 is 0 Å². The zero-order chi connectivity index (χ0) is 14.8. The highest BCUT2D eigenvalue weighted by atomic mass is 19.1. The third-order valence-corrected chi connectivity index (χ3v) is 3.83. The van der Waals surface area contributed by atoms with Crippen LogP contribution in [-0.2, 0) is 19.7 Å². The van der Waals surface area contributed by atoms with Crippen molar-refractivity contribution in [3.05, 3.63) is 35.6 Å². The number of rotatable bonds is 2. The van der Waals surface area contributed by atoms with Crippen LogP contribution in [-0.4, -0.2) is 18.9 Å². The predicted molar refractivity (Wildman–Crippen MR) is 68.1 cm³/mol. The van der Waals surface area contributed by atoms with Gasteiger partial charge in [-0.3, -0.25) is 9.59 Å². The number of methoxy groups -OCH3 is 1. The molecule has 1 aromatic carbocycles. The average Bonchev–Trinajstić information content (AvgIpc) is 2.48. The zero-order valence-electron chi connectivity index (χ0n) is 11.1. The first-order valence-corrected chi connectivity index (χ1v) is 6.31. The number of nitrogens with zero attached hydrogens (tertiary/aromatic N) is 1. The van der Waals surface area contributed by atoms with Crippen LogP contribution in [0.5, 0.6) is 0 Å². The summed E-state index contributed by atoms with van der Waals surface area (Å²) in [6, 6.07) is 8.09. The molecule has 0 heterocycles. The van der Waals surface area contributed by atoms with Gasteiger partial charge >= 0.3 is 5.97 Å². The van der Waals surface area contributed by atoms with Gasteiger partial charge in [0.2, 0.25) is 0 Å². The lowest BCUT2D eigenvalue weighted by atomic mass is 9.66. The number of ketones is 1. The minimum Gasteiger partial charge on any atom is -0.468 e. The number of halogens is 1. The van der Waals surface area contributed by atoms with Gasteiger partial charge in [0.25, 0.3) is 0 Å². The summed E-state index contributed by atoms with van der Waals surface area (Å²) in [6.45, 7) is 0. The second kappa shape index (κ2) is 5.41. The van der Waals surface area contributed by atoms with Gasteiger partial charge in [-0.05, 0) is 18.9 Å². The molecule has 0 spiro atoms. The Hall–Kier alpha value is -2.22. The monoisotopic (exact) mass is 275 g/mol. The van der Waals surface area contributed by atoms with Crippen molar-refractivity contribution in [2.75, 3.05) is 7.11 Å². The molecule has 1 saturated carbocycles. The van der Waals surface area contributed by atoms with Gasteiger partial charge in [0, 0.05) is 12.0 Å². The van der Waals surface area contributed by atoms with Gasteiger partial charge < -0.3 is 4.74 Å². The molecule has 2 atom stereocenters. The average molecular weight is 275 g/mol. The molecule has 104 valence electrons. The summed E-state index contributed by atoms with van der Waals surface area (Å²) in [7, 11) is 1.20. The summed E-state index contributed by atoms with van der Waals surface area (Å²) in [5.41, 5.74) is -0.915. The van der Waals surface area contributed by atoms with Crippen molar-refractivity contribution >= 4 is 11.8 Å². The number of carbonyl (C=O) groups is 2. The number of hydrogen-bond acceptors (Lipinski definition) is 4. The van der Waals surface area contributed by atoms with Crippen molar-refractivity contribution in [2.24, 2.45) is 5.92 Å². The second-order valence-electron chi connectivity index (χ2n) is 4.92. The normalized spacial score (nSPS) is 25.9. The molecular formula is C15H14FNO3. The fourth-order valence-corrected chi connectivity index (χ4v) is 2.69. The third kappa shape index (κ3) is 2.29. The number of carbonyl (C=O) groups excluding carboxylic acids is 2. The fraction of sp³-hybridized carbons (Fsp3) is 0.400. The van der Waals surface area contributed by atoms with E-state index in [1.807, 2.05) is 0 Å². The highest BCUT2D eigenvalue weighted by molar-refractivity contribution is 6.00. The lowest BCUT2D eigenvalue weighted by Gasteiger charge is -2.34. The van der Waals surface area contributed by atoms with E-state index in [0.717, 1.165) is 0 Å². The molecule has 0 amide bonds. The number of ether oxygens (including phenoxy) is 1. The quantitative estimate of drug-likeness (QED) is 0.612. The van der Waals surface area contributed by atoms with E-state index in [1.165, 1.54) is 25.3 Å². The van der Waals surface area contributed by atoms with Crippen LogP contribution in [0.2, 0.25) is 0 Å². The summed E-state index contributed by atoms with van der Waals surface area (Å²) in [6.07, 6.45) is 0.258. The SMILES string of the molecule is COC(=O)[C@@H]1C[C@@](C#N)(c2ccccc2F)CCC1=O. The van der Waals surface area contributed by atoms with E-state index >= 15 is 0 Å². The van der Waals surface area contributed by atoms with E-state index in [0.29, 0.717) is 0 Å². The van der Waals surface area contributed by atoms with Crippen molar-refractivity contribution in [3.63, 3.8) is 0 Å². The van der Waals surface area contributed by atoms with Crippen LogP contribution in [0.15, 0.2) is 24.3 Å². The summed E-state index contributed by atoms with van der Waals surface area (Å²) in [5.74, 6) is -2.40. The Bertz CT molecular complexity index is 585. The predicted octanol–water partition coefficient (Wildman–Crippen LogP) is 2.13. The summed E-state index contributed by atoms with van der Waals surface area (Å²) >= 11 is 0. The number of nitriles is 1. The first-order chi connectivity index (χ1) is 9.54. The van der Waals surface area contributed by atoms with Crippen molar-refractivity contribution in [3.8, 4) is 6.07 Å². The highest BCUT2D eigenvalue weighted by Crippen LogP contribution is 2.41. The lowest BCUT2D eigenvalue weighted by molar-refractivity contribution is -0.151. The molecule has 1 fully saturated rings. The van der Waals surface area contributed by atoms with Crippen LogP contribution in [0.4, 0.5) is 4.39 Å². The maximum Gasteiger partial charge on any atom is 0.316 e. The van der Waals surface area contributed by atoms with Gasteiger partial charge in [-0.1, -0.05) is 18.2 Å². The lowest BCUT2D eigenvalue weighted by Crippen LogP contribution is -2.40. The second-order valence-corrected chi connectivity index (χ2v) is 4.92. The van der Waals surface area contributed by atoms with Crippen LogP contribution < -0.4 is 0 Å². The molecule has 1 aliphatic carbocycles. The van der Waals surface area contributed by atoms with E-state index in [2.05, 4.69) is 10.8 Å². The molecule has 0 saturated heterocycles. The van der Waals surface area contributed by atoms with Crippen LogP contribution in [0.25, 0.3) is 0 Å². The Morgan fingerprint density at radius 1 is 1.50 bits per heavy atom. The molecule has 5 heteroatoms.